The highest BCUT2D eigenvalue weighted by Crippen LogP contribution is 2.26. The van der Waals surface area contributed by atoms with Gasteiger partial charge in [-0.3, -0.25) is 4.79 Å². The van der Waals surface area contributed by atoms with Crippen LogP contribution in [0.1, 0.15) is 13.3 Å². The molecule has 1 amide bonds. The van der Waals surface area contributed by atoms with Crippen LogP contribution in [-0.4, -0.2) is 18.5 Å². The minimum atomic E-state index is 0.0458. The Kier molecular flexibility index (Phi) is 4.07. The van der Waals surface area contributed by atoms with Gasteiger partial charge >= 0.3 is 0 Å². The smallest absolute Gasteiger partial charge is 0.229 e. The van der Waals surface area contributed by atoms with Gasteiger partial charge < -0.3 is 10.6 Å². The number of nitrogens with one attached hydrogen (secondary N) is 2. The van der Waals surface area contributed by atoms with E-state index in [1.54, 1.807) is 12.1 Å². The maximum atomic E-state index is 12.0. The standard InChI is InChI=1S/C12H14BrClN2O/c1-7-9(4-5-15-7)12(17)16-8-2-3-11(14)10(13)6-8/h2-3,6-7,9,15H,4-5H2,1H3,(H,16,17). The lowest BCUT2D eigenvalue weighted by atomic mass is 10.0. The van der Waals surface area contributed by atoms with Gasteiger partial charge in [0.15, 0.2) is 0 Å². The summed E-state index contributed by atoms with van der Waals surface area (Å²) < 4.78 is 0.787. The average molecular weight is 318 g/mol. The van der Waals surface area contributed by atoms with Crippen molar-refractivity contribution in [3.8, 4) is 0 Å². The third kappa shape index (κ3) is 3.00. The lowest BCUT2D eigenvalue weighted by Gasteiger charge is -2.15. The molecule has 5 heteroatoms. The van der Waals surface area contributed by atoms with Crippen LogP contribution in [0.4, 0.5) is 5.69 Å². The van der Waals surface area contributed by atoms with E-state index in [2.05, 4.69) is 26.6 Å². The molecule has 17 heavy (non-hydrogen) atoms. The molecule has 1 aliphatic rings. The number of hydrogen-bond acceptors (Lipinski definition) is 2. The summed E-state index contributed by atoms with van der Waals surface area (Å²) in [6.45, 7) is 2.94. The van der Waals surface area contributed by atoms with E-state index in [4.69, 9.17) is 11.6 Å². The van der Waals surface area contributed by atoms with E-state index in [-0.39, 0.29) is 17.9 Å². The fraction of sp³-hybridized carbons (Fsp3) is 0.417. The van der Waals surface area contributed by atoms with Crippen molar-refractivity contribution >= 4 is 39.1 Å². The SMILES string of the molecule is CC1NCCC1C(=O)Nc1ccc(Cl)c(Br)c1. The van der Waals surface area contributed by atoms with Gasteiger partial charge in [-0.05, 0) is 54.0 Å². The van der Waals surface area contributed by atoms with E-state index in [1.165, 1.54) is 0 Å². The summed E-state index contributed by atoms with van der Waals surface area (Å²) in [6, 6.07) is 5.62. The van der Waals surface area contributed by atoms with Gasteiger partial charge in [0.05, 0.1) is 10.9 Å². The Morgan fingerprint density at radius 3 is 2.94 bits per heavy atom. The third-order valence-corrected chi connectivity index (χ3v) is 4.26. The molecule has 1 aromatic rings. The molecule has 2 atom stereocenters. The zero-order chi connectivity index (χ0) is 12.4. The van der Waals surface area contributed by atoms with Crippen LogP contribution in [0.2, 0.25) is 5.02 Å². The Morgan fingerprint density at radius 2 is 2.35 bits per heavy atom. The van der Waals surface area contributed by atoms with Crippen molar-refractivity contribution in [1.29, 1.82) is 0 Å². The Hall–Kier alpha value is -0.580. The van der Waals surface area contributed by atoms with Crippen molar-refractivity contribution in [3.63, 3.8) is 0 Å². The number of halogens is 2. The minimum absolute atomic E-state index is 0.0458. The van der Waals surface area contributed by atoms with Crippen molar-refractivity contribution < 1.29 is 4.79 Å². The molecule has 0 aromatic heterocycles. The molecule has 1 aromatic carbocycles. The average Bonchev–Trinajstić information content (AvgIpc) is 2.70. The molecule has 1 saturated heterocycles. The van der Waals surface area contributed by atoms with E-state index < -0.39 is 0 Å². The quantitative estimate of drug-likeness (QED) is 0.880. The number of hydrogen-bond donors (Lipinski definition) is 2. The Labute approximate surface area is 114 Å². The number of carbonyl (C=O) groups excluding carboxylic acids is 1. The van der Waals surface area contributed by atoms with Crippen LogP contribution in [-0.2, 0) is 4.79 Å². The van der Waals surface area contributed by atoms with E-state index >= 15 is 0 Å². The highest BCUT2D eigenvalue weighted by Gasteiger charge is 2.29. The molecule has 2 N–H and O–H groups in total. The van der Waals surface area contributed by atoms with Gasteiger partial charge in [0.1, 0.15) is 0 Å². The molecule has 0 bridgehead atoms. The number of anilines is 1. The first-order chi connectivity index (χ1) is 8.08. The summed E-state index contributed by atoms with van der Waals surface area (Å²) in [6.07, 6.45) is 0.891. The van der Waals surface area contributed by atoms with Gasteiger partial charge in [0, 0.05) is 16.2 Å². The Bertz CT molecular complexity index is 439. The predicted octanol–water partition coefficient (Wildman–Crippen LogP) is 3.04. The highest BCUT2D eigenvalue weighted by atomic mass is 79.9. The zero-order valence-corrected chi connectivity index (χ0v) is 11.8. The first-order valence-electron chi connectivity index (χ1n) is 5.57. The largest absolute Gasteiger partial charge is 0.326 e. The second kappa shape index (κ2) is 5.38. The number of amides is 1. The molecule has 92 valence electrons. The lowest BCUT2D eigenvalue weighted by molar-refractivity contribution is -0.119. The first-order valence-corrected chi connectivity index (χ1v) is 6.74. The predicted molar refractivity (Wildman–Crippen MR) is 73.4 cm³/mol. The molecule has 1 aliphatic heterocycles. The summed E-state index contributed by atoms with van der Waals surface area (Å²) in [5.41, 5.74) is 0.769. The fourth-order valence-electron chi connectivity index (χ4n) is 2.03. The molecule has 2 unspecified atom stereocenters. The molecule has 0 aliphatic carbocycles. The van der Waals surface area contributed by atoms with Crippen molar-refractivity contribution in [2.75, 3.05) is 11.9 Å². The topological polar surface area (TPSA) is 41.1 Å². The first kappa shape index (κ1) is 12.9. The number of carbonyl (C=O) groups is 1. The molecule has 0 spiro atoms. The van der Waals surface area contributed by atoms with Crippen molar-refractivity contribution in [3.05, 3.63) is 27.7 Å². The van der Waals surface area contributed by atoms with Crippen LogP contribution in [0, 0.1) is 5.92 Å². The molecule has 0 radical (unpaired) electrons. The summed E-state index contributed by atoms with van der Waals surface area (Å²) >= 11 is 9.23. The van der Waals surface area contributed by atoms with Crippen molar-refractivity contribution in [2.24, 2.45) is 5.92 Å². The maximum absolute atomic E-state index is 12.0. The molecule has 3 nitrogen and oxygen atoms in total. The second-order valence-electron chi connectivity index (χ2n) is 4.26. The van der Waals surface area contributed by atoms with Crippen LogP contribution in [0.25, 0.3) is 0 Å². The van der Waals surface area contributed by atoms with Crippen LogP contribution in [0.3, 0.4) is 0 Å². The monoisotopic (exact) mass is 316 g/mol. The Balaban J connectivity index is 2.05. The molecular formula is C12H14BrClN2O. The van der Waals surface area contributed by atoms with Gasteiger partial charge in [-0.2, -0.15) is 0 Å². The Morgan fingerprint density at radius 1 is 1.59 bits per heavy atom. The minimum Gasteiger partial charge on any atom is -0.326 e. The molecule has 0 saturated carbocycles. The summed E-state index contributed by atoms with van der Waals surface area (Å²) in [4.78, 5) is 12.0. The van der Waals surface area contributed by atoms with Crippen LogP contribution in [0.15, 0.2) is 22.7 Å². The summed E-state index contributed by atoms with van der Waals surface area (Å²) in [5.74, 6) is 0.112. The normalized spacial score (nSPS) is 23.7. The van der Waals surface area contributed by atoms with Crippen LogP contribution < -0.4 is 10.6 Å². The van der Waals surface area contributed by atoms with Gasteiger partial charge in [-0.1, -0.05) is 11.6 Å². The number of benzene rings is 1. The van der Waals surface area contributed by atoms with E-state index in [0.717, 1.165) is 23.1 Å². The van der Waals surface area contributed by atoms with Crippen molar-refractivity contribution in [2.45, 2.75) is 19.4 Å². The van der Waals surface area contributed by atoms with E-state index in [1.807, 2.05) is 13.0 Å². The van der Waals surface area contributed by atoms with Gasteiger partial charge in [0.25, 0.3) is 0 Å². The molecule has 1 heterocycles. The van der Waals surface area contributed by atoms with E-state index in [0.29, 0.717) is 5.02 Å². The van der Waals surface area contributed by atoms with Crippen LogP contribution in [0.5, 0.6) is 0 Å². The maximum Gasteiger partial charge on any atom is 0.229 e. The third-order valence-electron chi connectivity index (χ3n) is 3.05. The van der Waals surface area contributed by atoms with Crippen molar-refractivity contribution in [1.82, 2.24) is 5.32 Å². The van der Waals surface area contributed by atoms with Crippen LogP contribution >= 0.6 is 27.5 Å². The number of rotatable bonds is 2. The summed E-state index contributed by atoms with van der Waals surface area (Å²) in [5, 5.41) is 6.82. The second-order valence-corrected chi connectivity index (χ2v) is 5.52. The summed E-state index contributed by atoms with van der Waals surface area (Å²) in [7, 11) is 0. The molecule has 2 rings (SSSR count). The fourth-order valence-corrected chi connectivity index (χ4v) is 2.52. The highest BCUT2D eigenvalue weighted by molar-refractivity contribution is 9.10. The lowest BCUT2D eigenvalue weighted by Crippen LogP contribution is -2.32. The molecule has 1 fully saturated rings. The van der Waals surface area contributed by atoms with E-state index in [9.17, 15) is 4.79 Å². The van der Waals surface area contributed by atoms with Gasteiger partial charge in [0.2, 0.25) is 5.91 Å². The van der Waals surface area contributed by atoms with Gasteiger partial charge in [-0.25, -0.2) is 0 Å². The van der Waals surface area contributed by atoms with Gasteiger partial charge in [-0.15, -0.1) is 0 Å². The zero-order valence-electron chi connectivity index (χ0n) is 9.47. The molecular weight excluding hydrogens is 304 g/mol.